The maximum Gasteiger partial charge on any atom is 0.255 e. The third-order valence-corrected chi connectivity index (χ3v) is 4.64. The quantitative estimate of drug-likeness (QED) is 0.617. The Morgan fingerprint density at radius 1 is 1.15 bits per heavy atom. The van der Waals surface area contributed by atoms with Crippen molar-refractivity contribution in [1.29, 1.82) is 0 Å². The van der Waals surface area contributed by atoms with Gasteiger partial charge in [0, 0.05) is 22.8 Å². The van der Waals surface area contributed by atoms with Crippen LogP contribution in [0.15, 0.2) is 65.3 Å². The molecule has 3 aromatic rings. The van der Waals surface area contributed by atoms with E-state index >= 15 is 0 Å². The molecule has 0 bridgehead atoms. The van der Waals surface area contributed by atoms with E-state index < -0.39 is 0 Å². The Balaban J connectivity index is 1.58. The molecule has 0 saturated carbocycles. The summed E-state index contributed by atoms with van der Waals surface area (Å²) in [6.45, 7) is 4.65. The van der Waals surface area contributed by atoms with Crippen LogP contribution in [-0.2, 0) is 6.54 Å². The minimum Gasteiger partial charge on any atom is -0.468 e. The van der Waals surface area contributed by atoms with Crippen LogP contribution in [0.3, 0.4) is 0 Å². The van der Waals surface area contributed by atoms with Gasteiger partial charge >= 0.3 is 0 Å². The Kier molecular flexibility index (Phi) is 5.76. The van der Waals surface area contributed by atoms with Crippen LogP contribution in [0.2, 0.25) is 5.02 Å². The van der Waals surface area contributed by atoms with Crippen LogP contribution in [0.4, 0.5) is 5.69 Å². The number of carbonyl (C=O) groups excluding carboxylic acids is 1. The molecule has 5 heteroatoms. The van der Waals surface area contributed by atoms with Gasteiger partial charge < -0.3 is 15.1 Å². The number of rotatable bonds is 6. The second kappa shape index (κ2) is 8.21. The lowest BCUT2D eigenvalue weighted by Crippen LogP contribution is -2.17. The van der Waals surface area contributed by atoms with Crippen molar-refractivity contribution in [3.8, 4) is 0 Å². The topological polar surface area (TPSA) is 54.3 Å². The Morgan fingerprint density at radius 2 is 1.92 bits per heavy atom. The second-order valence-electron chi connectivity index (χ2n) is 6.23. The molecule has 26 heavy (non-hydrogen) atoms. The van der Waals surface area contributed by atoms with Crippen LogP contribution in [-0.4, -0.2) is 5.91 Å². The highest BCUT2D eigenvalue weighted by molar-refractivity contribution is 6.31. The molecule has 0 aliphatic carbocycles. The molecule has 3 rings (SSSR count). The summed E-state index contributed by atoms with van der Waals surface area (Å²) in [5.41, 5.74) is 3.37. The van der Waals surface area contributed by atoms with Gasteiger partial charge in [0.25, 0.3) is 5.91 Å². The van der Waals surface area contributed by atoms with Crippen LogP contribution in [0.5, 0.6) is 0 Å². The molecule has 0 radical (unpaired) electrons. The van der Waals surface area contributed by atoms with Gasteiger partial charge in [-0.2, -0.15) is 0 Å². The minimum absolute atomic E-state index is 0.126. The second-order valence-corrected chi connectivity index (χ2v) is 6.64. The molecule has 1 heterocycles. The van der Waals surface area contributed by atoms with Gasteiger partial charge in [-0.25, -0.2) is 0 Å². The van der Waals surface area contributed by atoms with Gasteiger partial charge in [0.05, 0.1) is 12.3 Å². The number of amides is 1. The molecule has 4 nitrogen and oxygen atoms in total. The fourth-order valence-electron chi connectivity index (χ4n) is 2.61. The van der Waals surface area contributed by atoms with E-state index in [4.69, 9.17) is 16.0 Å². The van der Waals surface area contributed by atoms with Crippen molar-refractivity contribution in [2.45, 2.75) is 26.4 Å². The molecule has 1 atom stereocenters. The summed E-state index contributed by atoms with van der Waals surface area (Å²) in [5, 5.41) is 6.97. The van der Waals surface area contributed by atoms with Crippen molar-refractivity contribution in [2.75, 3.05) is 5.32 Å². The summed E-state index contributed by atoms with van der Waals surface area (Å²) >= 11 is 6.01. The number of hydrogen-bond donors (Lipinski definition) is 2. The third-order valence-electron chi connectivity index (χ3n) is 4.21. The summed E-state index contributed by atoms with van der Waals surface area (Å²) in [6, 6.07) is 16.9. The number of benzene rings is 2. The number of carbonyl (C=O) groups is 1. The van der Waals surface area contributed by atoms with Crippen molar-refractivity contribution >= 4 is 23.2 Å². The van der Waals surface area contributed by atoms with Crippen LogP contribution in [0, 0.1) is 6.92 Å². The molecule has 1 amide bonds. The van der Waals surface area contributed by atoms with Gasteiger partial charge in [-0.1, -0.05) is 23.7 Å². The Bertz CT molecular complexity index is 874. The Hall–Kier alpha value is -2.56. The van der Waals surface area contributed by atoms with Gasteiger partial charge in [-0.15, -0.1) is 0 Å². The third kappa shape index (κ3) is 4.54. The zero-order chi connectivity index (χ0) is 18.5. The molecule has 134 valence electrons. The van der Waals surface area contributed by atoms with E-state index in [1.165, 1.54) is 0 Å². The molecule has 0 saturated heterocycles. The fourth-order valence-corrected chi connectivity index (χ4v) is 2.73. The van der Waals surface area contributed by atoms with E-state index in [1.54, 1.807) is 18.4 Å². The summed E-state index contributed by atoms with van der Waals surface area (Å²) in [6.07, 6.45) is 1.67. The molecule has 0 unspecified atom stereocenters. The van der Waals surface area contributed by atoms with Crippen LogP contribution < -0.4 is 10.6 Å². The normalized spacial score (nSPS) is 12.0. The SMILES string of the molecule is Cc1cc(NC(=O)c2ccc(CN[C@H](C)c3ccco3)cc2)ccc1Cl. The Morgan fingerprint density at radius 3 is 2.58 bits per heavy atom. The summed E-state index contributed by atoms with van der Waals surface area (Å²) in [5.74, 6) is 0.759. The smallest absolute Gasteiger partial charge is 0.255 e. The van der Waals surface area contributed by atoms with E-state index in [2.05, 4.69) is 17.6 Å². The highest BCUT2D eigenvalue weighted by Gasteiger charge is 2.09. The predicted molar refractivity (Wildman–Crippen MR) is 105 cm³/mol. The van der Waals surface area contributed by atoms with Crippen molar-refractivity contribution in [3.05, 3.63) is 88.3 Å². The van der Waals surface area contributed by atoms with Gasteiger partial charge in [-0.3, -0.25) is 4.79 Å². The average molecular weight is 369 g/mol. The Labute approximate surface area is 158 Å². The summed E-state index contributed by atoms with van der Waals surface area (Å²) in [7, 11) is 0. The van der Waals surface area contributed by atoms with Gasteiger partial charge in [0.15, 0.2) is 0 Å². The molecule has 0 aliphatic rings. The van der Waals surface area contributed by atoms with Crippen LogP contribution in [0.25, 0.3) is 0 Å². The molecule has 0 aliphatic heterocycles. The number of aryl methyl sites for hydroxylation is 1. The number of furan rings is 1. The van der Waals surface area contributed by atoms with E-state index in [9.17, 15) is 4.79 Å². The first-order valence-corrected chi connectivity index (χ1v) is 8.84. The standard InChI is InChI=1S/C21H21ClN2O2/c1-14-12-18(9-10-19(14)22)24-21(25)17-7-5-16(6-8-17)13-23-15(2)20-4-3-11-26-20/h3-12,15,23H,13H2,1-2H3,(H,24,25)/t15-/m1/s1. The van der Waals surface area contributed by atoms with Crippen molar-refractivity contribution in [3.63, 3.8) is 0 Å². The number of hydrogen-bond acceptors (Lipinski definition) is 3. The molecule has 2 N–H and O–H groups in total. The van der Waals surface area contributed by atoms with Crippen molar-refractivity contribution < 1.29 is 9.21 Å². The zero-order valence-corrected chi connectivity index (χ0v) is 15.5. The molecule has 2 aromatic carbocycles. The molecular weight excluding hydrogens is 348 g/mol. The lowest BCUT2D eigenvalue weighted by atomic mass is 10.1. The van der Waals surface area contributed by atoms with Crippen molar-refractivity contribution in [2.24, 2.45) is 0 Å². The number of anilines is 1. The average Bonchev–Trinajstić information content (AvgIpc) is 3.18. The highest BCUT2D eigenvalue weighted by atomic mass is 35.5. The first-order valence-electron chi connectivity index (χ1n) is 8.46. The van der Waals surface area contributed by atoms with E-state index in [-0.39, 0.29) is 11.9 Å². The molecule has 0 fully saturated rings. The summed E-state index contributed by atoms with van der Waals surface area (Å²) in [4.78, 5) is 12.4. The van der Waals surface area contributed by atoms with Crippen molar-refractivity contribution in [1.82, 2.24) is 5.32 Å². The largest absolute Gasteiger partial charge is 0.468 e. The monoisotopic (exact) mass is 368 g/mol. The van der Waals surface area contributed by atoms with E-state index in [0.717, 1.165) is 22.6 Å². The fraction of sp³-hybridized carbons (Fsp3) is 0.190. The van der Waals surface area contributed by atoms with E-state index in [1.807, 2.05) is 49.4 Å². The number of halogens is 1. The van der Waals surface area contributed by atoms with Crippen LogP contribution in [0.1, 0.15) is 40.2 Å². The van der Waals surface area contributed by atoms with Gasteiger partial charge in [0.1, 0.15) is 5.76 Å². The lowest BCUT2D eigenvalue weighted by Gasteiger charge is -2.12. The molecule has 1 aromatic heterocycles. The van der Waals surface area contributed by atoms with Gasteiger partial charge in [0.2, 0.25) is 0 Å². The number of nitrogens with one attached hydrogen (secondary N) is 2. The highest BCUT2D eigenvalue weighted by Crippen LogP contribution is 2.20. The maximum absolute atomic E-state index is 12.4. The minimum atomic E-state index is -0.143. The van der Waals surface area contributed by atoms with Gasteiger partial charge in [-0.05, 0) is 67.4 Å². The first kappa shape index (κ1) is 18.2. The molecule has 0 spiro atoms. The summed E-state index contributed by atoms with van der Waals surface area (Å²) < 4.78 is 5.38. The predicted octanol–water partition coefficient (Wildman–Crippen LogP) is 5.34. The van der Waals surface area contributed by atoms with E-state index in [0.29, 0.717) is 17.1 Å². The molecular formula is C21H21ClN2O2. The zero-order valence-electron chi connectivity index (χ0n) is 14.8. The maximum atomic E-state index is 12.4. The van der Waals surface area contributed by atoms with Crippen LogP contribution >= 0.6 is 11.6 Å². The first-order chi connectivity index (χ1) is 12.5. The lowest BCUT2D eigenvalue weighted by molar-refractivity contribution is 0.102.